The highest BCUT2D eigenvalue weighted by Gasteiger charge is 2.21. The SMILES string of the molecule is COC(=O)c1cc(F)c(NS(=O)(=O)c2ccc(I)cn2)cc1F. The van der Waals surface area contributed by atoms with Gasteiger partial charge in [-0.2, -0.15) is 8.42 Å². The Morgan fingerprint density at radius 1 is 1.26 bits per heavy atom. The predicted molar refractivity (Wildman–Crippen MR) is 85.5 cm³/mol. The number of benzene rings is 1. The van der Waals surface area contributed by atoms with E-state index in [0.29, 0.717) is 15.7 Å². The molecule has 0 aliphatic heterocycles. The highest BCUT2D eigenvalue weighted by molar-refractivity contribution is 14.1. The van der Waals surface area contributed by atoms with E-state index < -0.39 is 38.9 Å². The van der Waals surface area contributed by atoms with E-state index in [-0.39, 0.29) is 5.03 Å². The van der Waals surface area contributed by atoms with Gasteiger partial charge in [-0.1, -0.05) is 0 Å². The summed E-state index contributed by atoms with van der Waals surface area (Å²) in [6, 6.07) is 3.84. The number of esters is 1. The first kappa shape index (κ1) is 17.5. The van der Waals surface area contributed by atoms with Crippen molar-refractivity contribution < 1.29 is 26.7 Å². The molecule has 0 aliphatic rings. The Kier molecular flexibility index (Phi) is 5.14. The van der Waals surface area contributed by atoms with E-state index in [1.807, 2.05) is 27.3 Å². The molecule has 0 unspecified atom stereocenters. The summed E-state index contributed by atoms with van der Waals surface area (Å²) in [5.41, 5.74) is -1.28. The molecular formula is C13H9F2IN2O4S. The molecule has 0 aliphatic carbocycles. The molecule has 1 aromatic heterocycles. The summed E-state index contributed by atoms with van der Waals surface area (Å²) in [6.07, 6.45) is 1.31. The average Bonchev–Trinajstić information content (AvgIpc) is 2.50. The van der Waals surface area contributed by atoms with E-state index in [1.165, 1.54) is 18.3 Å². The van der Waals surface area contributed by atoms with Crippen LogP contribution in [0.25, 0.3) is 0 Å². The van der Waals surface area contributed by atoms with E-state index in [1.54, 1.807) is 0 Å². The van der Waals surface area contributed by atoms with Gasteiger partial charge in [0.1, 0.15) is 11.6 Å². The normalized spacial score (nSPS) is 11.1. The summed E-state index contributed by atoms with van der Waals surface area (Å²) < 4.78 is 58.8. The molecule has 0 spiro atoms. The summed E-state index contributed by atoms with van der Waals surface area (Å²) in [4.78, 5) is 15.0. The third-order valence-electron chi connectivity index (χ3n) is 2.68. The predicted octanol–water partition coefficient (Wildman–Crippen LogP) is 2.55. The van der Waals surface area contributed by atoms with Crippen molar-refractivity contribution in [3.05, 3.63) is 51.2 Å². The van der Waals surface area contributed by atoms with Gasteiger partial charge in [-0.25, -0.2) is 18.6 Å². The van der Waals surface area contributed by atoms with Crippen LogP contribution in [0.2, 0.25) is 0 Å². The van der Waals surface area contributed by atoms with Crippen LogP contribution in [0.15, 0.2) is 35.5 Å². The number of carbonyl (C=O) groups is 1. The number of carbonyl (C=O) groups excluding carboxylic acids is 1. The van der Waals surface area contributed by atoms with Gasteiger partial charge in [0.05, 0.1) is 18.4 Å². The molecule has 2 rings (SSSR count). The zero-order valence-corrected chi connectivity index (χ0v) is 14.5. The van der Waals surface area contributed by atoms with Crippen LogP contribution in [0.5, 0.6) is 0 Å². The molecular weight excluding hydrogens is 445 g/mol. The number of aromatic nitrogens is 1. The fourth-order valence-corrected chi connectivity index (χ4v) is 2.92. The molecule has 122 valence electrons. The minimum Gasteiger partial charge on any atom is -0.465 e. The second-order valence-electron chi connectivity index (χ2n) is 4.22. The Bertz CT molecular complexity index is 857. The smallest absolute Gasteiger partial charge is 0.340 e. The lowest BCUT2D eigenvalue weighted by atomic mass is 10.2. The van der Waals surface area contributed by atoms with Crippen LogP contribution in [0, 0.1) is 15.2 Å². The molecule has 0 saturated carbocycles. The van der Waals surface area contributed by atoms with Crippen LogP contribution < -0.4 is 4.72 Å². The van der Waals surface area contributed by atoms with Gasteiger partial charge in [-0.05, 0) is 40.8 Å². The molecule has 0 saturated heterocycles. The summed E-state index contributed by atoms with van der Waals surface area (Å²) in [6.45, 7) is 0. The number of methoxy groups -OCH3 is 1. The van der Waals surface area contributed by atoms with Crippen LogP contribution >= 0.6 is 22.6 Å². The monoisotopic (exact) mass is 454 g/mol. The second kappa shape index (κ2) is 6.74. The largest absolute Gasteiger partial charge is 0.465 e. The van der Waals surface area contributed by atoms with Gasteiger partial charge in [-0.3, -0.25) is 4.72 Å². The maximum absolute atomic E-state index is 13.9. The first-order valence-corrected chi connectivity index (χ1v) is 8.52. The Balaban J connectivity index is 2.38. The Morgan fingerprint density at radius 3 is 2.52 bits per heavy atom. The van der Waals surface area contributed by atoms with Gasteiger partial charge in [-0.15, -0.1) is 0 Å². The molecule has 6 nitrogen and oxygen atoms in total. The first-order chi connectivity index (χ1) is 10.7. The van der Waals surface area contributed by atoms with E-state index in [0.717, 1.165) is 7.11 Å². The molecule has 1 N–H and O–H groups in total. The molecule has 23 heavy (non-hydrogen) atoms. The molecule has 0 bridgehead atoms. The molecule has 0 amide bonds. The number of pyridine rings is 1. The van der Waals surface area contributed by atoms with Crippen molar-refractivity contribution in [2.75, 3.05) is 11.8 Å². The zero-order valence-electron chi connectivity index (χ0n) is 11.5. The number of anilines is 1. The van der Waals surface area contributed by atoms with Crippen LogP contribution in [0.4, 0.5) is 14.5 Å². The van der Waals surface area contributed by atoms with E-state index in [9.17, 15) is 22.0 Å². The summed E-state index contributed by atoms with van der Waals surface area (Å²) in [7, 11) is -3.18. The summed E-state index contributed by atoms with van der Waals surface area (Å²) >= 11 is 1.94. The number of nitrogens with zero attached hydrogens (tertiary/aromatic N) is 1. The number of sulfonamides is 1. The Hall–Kier alpha value is -1.82. The topological polar surface area (TPSA) is 85.4 Å². The third kappa shape index (κ3) is 3.93. The number of hydrogen-bond acceptors (Lipinski definition) is 5. The Morgan fingerprint density at radius 2 is 1.96 bits per heavy atom. The van der Waals surface area contributed by atoms with Crippen LogP contribution in [0.1, 0.15) is 10.4 Å². The van der Waals surface area contributed by atoms with Gasteiger partial charge in [0.15, 0.2) is 5.03 Å². The number of halogens is 3. The van der Waals surface area contributed by atoms with E-state index >= 15 is 0 Å². The maximum atomic E-state index is 13.9. The van der Waals surface area contributed by atoms with Crippen molar-refractivity contribution in [3.8, 4) is 0 Å². The molecule has 1 heterocycles. The molecule has 1 aromatic carbocycles. The van der Waals surface area contributed by atoms with Gasteiger partial charge in [0.25, 0.3) is 10.0 Å². The fourth-order valence-electron chi connectivity index (χ4n) is 1.61. The molecule has 0 fully saturated rings. The van der Waals surface area contributed by atoms with Crippen molar-refractivity contribution >= 4 is 44.3 Å². The van der Waals surface area contributed by atoms with Crippen LogP contribution in [0.3, 0.4) is 0 Å². The highest BCUT2D eigenvalue weighted by Crippen LogP contribution is 2.23. The van der Waals surface area contributed by atoms with Crippen molar-refractivity contribution in [2.24, 2.45) is 0 Å². The van der Waals surface area contributed by atoms with Crippen LogP contribution in [-0.2, 0) is 14.8 Å². The summed E-state index contributed by atoms with van der Waals surface area (Å²) in [5, 5.41) is -0.352. The van der Waals surface area contributed by atoms with Crippen molar-refractivity contribution in [3.63, 3.8) is 0 Å². The van der Waals surface area contributed by atoms with Crippen molar-refractivity contribution in [1.29, 1.82) is 0 Å². The van der Waals surface area contributed by atoms with Crippen molar-refractivity contribution in [1.82, 2.24) is 4.98 Å². The number of ether oxygens (including phenoxy) is 1. The molecule has 0 radical (unpaired) electrons. The third-order valence-corrected chi connectivity index (χ3v) is 4.60. The quantitative estimate of drug-likeness (QED) is 0.567. The van der Waals surface area contributed by atoms with Gasteiger partial charge in [0.2, 0.25) is 0 Å². The lowest BCUT2D eigenvalue weighted by molar-refractivity contribution is 0.0595. The van der Waals surface area contributed by atoms with E-state index in [2.05, 4.69) is 9.72 Å². The van der Waals surface area contributed by atoms with E-state index in [4.69, 9.17) is 0 Å². The van der Waals surface area contributed by atoms with Crippen molar-refractivity contribution in [2.45, 2.75) is 5.03 Å². The number of hydrogen-bond donors (Lipinski definition) is 1. The first-order valence-electron chi connectivity index (χ1n) is 5.96. The average molecular weight is 454 g/mol. The second-order valence-corrected chi connectivity index (χ2v) is 7.10. The number of nitrogens with one attached hydrogen (secondary N) is 1. The molecule has 0 atom stereocenters. The minimum absolute atomic E-state index is 0.352. The summed E-state index contributed by atoms with van der Waals surface area (Å²) in [5.74, 6) is -3.32. The van der Waals surface area contributed by atoms with Gasteiger partial charge in [0, 0.05) is 15.8 Å². The molecule has 10 heteroatoms. The Labute approximate surface area is 144 Å². The lowest BCUT2D eigenvalue weighted by Gasteiger charge is -2.10. The fraction of sp³-hybridized carbons (Fsp3) is 0.0769. The van der Waals surface area contributed by atoms with Gasteiger partial charge >= 0.3 is 5.97 Å². The lowest BCUT2D eigenvalue weighted by Crippen LogP contribution is -2.16. The maximum Gasteiger partial charge on any atom is 0.340 e. The molecule has 2 aromatic rings. The minimum atomic E-state index is -4.20. The zero-order chi connectivity index (χ0) is 17.2. The standard InChI is InChI=1S/C13H9F2IN2O4S/c1-22-13(19)8-4-10(15)11(5-9(8)14)18-23(20,21)12-3-2-7(16)6-17-12/h2-6,18H,1H3. The van der Waals surface area contributed by atoms with Gasteiger partial charge < -0.3 is 4.74 Å². The van der Waals surface area contributed by atoms with Crippen LogP contribution in [-0.4, -0.2) is 26.5 Å². The highest BCUT2D eigenvalue weighted by atomic mass is 127. The number of rotatable bonds is 4.